The minimum Gasteiger partial charge on any atom is -0.336 e. The molecule has 0 radical (unpaired) electrons. The van der Waals surface area contributed by atoms with Crippen LogP contribution in [0.25, 0.3) is 0 Å². The summed E-state index contributed by atoms with van der Waals surface area (Å²) in [6, 6.07) is 9.66. The van der Waals surface area contributed by atoms with E-state index < -0.39 is 5.25 Å². The topological polar surface area (TPSA) is 36.4 Å². The molecule has 1 heterocycles. The van der Waals surface area contributed by atoms with Crippen molar-refractivity contribution in [1.29, 1.82) is 0 Å². The van der Waals surface area contributed by atoms with Crippen LogP contribution in [-0.2, 0) is 0 Å². The van der Waals surface area contributed by atoms with Gasteiger partial charge in [0.25, 0.3) is 5.25 Å². The van der Waals surface area contributed by atoms with Gasteiger partial charge in [0.15, 0.2) is 0 Å². The number of halogens is 2. The monoisotopic (exact) mass is 285 g/mol. The van der Waals surface area contributed by atoms with E-state index in [2.05, 4.69) is 31.6 Å². The molecule has 0 amide bonds. The van der Waals surface area contributed by atoms with Gasteiger partial charge >= 0.3 is 0 Å². The van der Waals surface area contributed by atoms with Crippen molar-refractivity contribution in [3.63, 3.8) is 0 Å². The maximum absolute atomic E-state index is 6.19. The first-order chi connectivity index (χ1) is 7.18. The lowest BCUT2D eigenvalue weighted by Crippen LogP contribution is -2.44. The molecule has 78 valence electrons. The lowest BCUT2D eigenvalue weighted by atomic mass is 10.3. The Hall–Kier alpha value is -1.00. The van der Waals surface area contributed by atoms with Crippen molar-refractivity contribution in [3.8, 4) is 0 Å². The second kappa shape index (κ2) is 4.24. The number of nitrogens with zero attached hydrogens (tertiary/aromatic N) is 1. The molecule has 0 aromatic heterocycles. The summed E-state index contributed by atoms with van der Waals surface area (Å²) in [4.78, 5) is 4.14. The second-order valence-electron chi connectivity index (χ2n) is 3.04. The van der Waals surface area contributed by atoms with E-state index in [1.54, 1.807) is 12.4 Å². The molecule has 0 spiro atoms. The van der Waals surface area contributed by atoms with Crippen LogP contribution in [0, 0.1) is 0 Å². The van der Waals surface area contributed by atoms with Crippen LogP contribution in [-0.4, -0.2) is 11.5 Å². The summed E-state index contributed by atoms with van der Waals surface area (Å²) < 4.78 is 0.855. The molecular weight excluding hydrogens is 277 g/mol. The molecule has 1 aromatic rings. The zero-order chi connectivity index (χ0) is 10.7. The highest BCUT2D eigenvalue weighted by atomic mass is 79.9. The third-order valence-electron chi connectivity index (χ3n) is 1.85. The number of aliphatic imine (C=N–C) groups is 1. The normalized spacial score (nSPS) is 24.3. The molecule has 5 heteroatoms. The highest BCUT2D eigenvalue weighted by Gasteiger charge is 2.25. The lowest BCUT2D eigenvalue weighted by Gasteiger charge is -2.27. The molecule has 1 unspecified atom stereocenters. The third kappa shape index (κ3) is 2.73. The lowest BCUT2D eigenvalue weighted by molar-refractivity contribution is 0.610. The van der Waals surface area contributed by atoms with Gasteiger partial charge in [0.1, 0.15) is 0 Å². The molecule has 2 N–H and O–H groups in total. The van der Waals surface area contributed by atoms with E-state index in [1.807, 2.05) is 30.3 Å². The molecule has 0 saturated heterocycles. The minimum atomic E-state index is -1.00. The Balaban J connectivity index is 2.10. The Kier molecular flexibility index (Phi) is 2.98. The maximum Gasteiger partial charge on any atom is 0.286 e. The van der Waals surface area contributed by atoms with Crippen LogP contribution < -0.4 is 10.6 Å². The van der Waals surface area contributed by atoms with Crippen molar-refractivity contribution in [3.05, 3.63) is 41.0 Å². The van der Waals surface area contributed by atoms with E-state index in [4.69, 9.17) is 11.6 Å². The summed E-state index contributed by atoms with van der Waals surface area (Å²) in [5, 5.41) is 5.01. The van der Waals surface area contributed by atoms with Crippen molar-refractivity contribution in [2.75, 3.05) is 5.32 Å². The summed E-state index contributed by atoms with van der Waals surface area (Å²) in [7, 11) is 0. The van der Waals surface area contributed by atoms with Crippen molar-refractivity contribution in [2.24, 2.45) is 4.99 Å². The standard InChI is InChI=1S/C10H9BrClN3/c11-8-6-13-10(12,14-7-8)15-9-4-2-1-3-5-9/h1-7,13,15H. The predicted octanol–water partition coefficient (Wildman–Crippen LogP) is 2.86. The predicted molar refractivity (Wildman–Crippen MR) is 67.3 cm³/mol. The molecule has 0 fully saturated rings. The Labute approximate surface area is 101 Å². The highest BCUT2D eigenvalue weighted by molar-refractivity contribution is 9.12. The summed E-state index contributed by atoms with van der Waals surface area (Å²) in [6.45, 7) is 0. The van der Waals surface area contributed by atoms with Crippen LogP contribution in [0.3, 0.4) is 0 Å². The Morgan fingerprint density at radius 1 is 1.33 bits per heavy atom. The molecule has 0 saturated carbocycles. The molecule has 15 heavy (non-hydrogen) atoms. The van der Waals surface area contributed by atoms with Gasteiger partial charge < -0.3 is 10.6 Å². The van der Waals surface area contributed by atoms with Gasteiger partial charge in [-0.05, 0) is 39.7 Å². The number of nitrogens with one attached hydrogen (secondary N) is 2. The van der Waals surface area contributed by atoms with E-state index in [0.29, 0.717) is 0 Å². The molecule has 2 rings (SSSR count). The van der Waals surface area contributed by atoms with Crippen LogP contribution in [0.4, 0.5) is 5.69 Å². The van der Waals surface area contributed by atoms with Gasteiger partial charge in [-0.25, -0.2) is 4.99 Å². The first-order valence-electron chi connectivity index (χ1n) is 4.39. The summed E-state index contributed by atoms with van der Waals surface area (Å²) in [5.74, 6) is 0. The van der Waals surface area contributed by atoms with E-state index in [0.717, 1.165) is 10.2 Å². The molecule has 1 aromatic carbocycles. The molecular formula is C10H9BrClN3. The summed E-state index contributed by atoms with van der Waals surface area (Å²) in [5.41, 5.74) is 0.906. The largest absolute Gasteiger partial charge is 0.336 e. The van der Waals surface area contributed by atoms with Crippen LogP contribution in [0.5, 0.6) is 0 Å². The molecule has 1 aliphatic heterocycles. The van der Waals surface area contributed by atoms with Gasteiger partial charge in [-0.2, -0.15) is 0 Å². The van der Waals surface area contributed by atoms with Gasteiger partial charge in [-0.15, -0.1) is 0 Å². The highest BCUT2D eigenvalue weighted by Crippen LogP contribution is 2.21. The maximum atomic E-state index is 6.19. The number of hydrogen-bond acceptors (Lipinski definition) is 3. The number of hydrogen-bond donors (Lipinski definition) is 2. The van der Waals surface area contributed by atoms with E-state index in [9.17, 15) is 0 Å². The number of para-hydroxylation sites is 1. The molecule has 3 nitrogen and oxygen atoms in total. The number of alkyl halides is 1. The summed E-state index contributed by atoms with van der Waals surface area (Å²) in [6.07, 6.45) is 3.40. The van der Waals surface area contributed by atoms with E-state index in [1.165, 1.54) is 0 Å². The molecule has 1 atom stereocenters. The fraction of sp³-hybridized carbons (Fsp3) is 0.100. The van der Waals surface area contributed by atoms with Gasteiger partial charge in [0.05, 0.1) is 4.48 Å². The van der Waals surface area contributed by atoms with Crippen molar-refractivity contribution in [1.82, 2.24) is 5.32 Å². The fourth-order valence-corrected chi connectivity index (χ4v) is 1.60. The smallest absolute Gasteiger partial charge is 0.286 e. The Bertz CT molecular complexity index is 404. The molecule has 0 bridgehead atoms. The van der Waals surface area contributed by atoms with Gasteiger partial charge in [-0.3, -0.25) is 0 Å². The molecule has 1 aliphatic rings. The summed E-state index contributed by atoms with van der Waals surface area (Å²) >= 11 is 9.48. The van der Waals surface area contributed by atoms with Crippen molar-refractivity contribution in [2.45, 2.75) is 5.25 Å². The first-order valence-corrected chi connectivity index (χ1v) is 5.56. The second-order valence-corrected chi connectivity index (χ2v) is 4.51. The van der Waals surface area contributed by atoms with Crippen LogP contribution in [0.15, 0.2) is 46.0 Å². The van der Waals surface area contributed by atoms with Crippen LogP contribution in [0.2, 0.25) is 0 Å². The quantitative estimate of drug-likeness (QED) is 0.648. The van der Waals surface area contributed by atoms with E-state index >= 15 is 0 Å². The zero-order valence-electron chi connectivity index (χ0n) is 7.74. The average molecular weight is 287 g/mol. The third-order valence-corrected chi connectivity index (χ3v) is 2.59. The minimum absolute atomic E-state index is 0.855. The van der Waals surface area contributed by atoms with Crippen molar-refractivity contribution < 1.29 is 0 Å². The number of rotatable bonds is 2. The van der Waals surface area contributed by atoms with Crippen LogP contribution >= 0.6 is 27.5 Å². The van der Waals surface area contributed by atoms with Crippen molar-refractivity contribution >= 4 is 39.4 Å². The first kappa shape index (κ1) is 10.5. The van der Waals surface area contributed by atoms with Gasteiger partial charge in [0, 0.05) is 18.1 Å². The number of anilines is 1. The van der Waals surface area contributed by atoms with Gasteiger partial charge in [-0.1, -0.05) is 18.2 Å². The SMILES string of the molecule is ClC1(Nc2ccccc2)N=CC(Br)=CN1. The van der Waals surface area contributed by atoms with Crippen LogP contribution in [0.1, 0.15) is 0 Å². The number of benzene rings is 1. The Morgan fingerprint density at radius 3 is 2.67 bits per heavy atom. The average Bonchev–Trinajstić information content (AvgIpc) is 2.24. The Morgan fingerprint density at radius 2 is 2.07 bits per heavy atom. The fourth-order valence-electron chi connectivity index (χ4n) is 1.17. The van der Waals surface area contributed by atoms with E-state index in [-0.39, 0.29) is 0 Å². The van der Waals surface area contributed by atoms with Gasteiger partial charge in [0.2, 0.25) is 0 Å². The number of allylic oxidation sites excluding steroid dienone is 1. The molecule has 0 aliphatic carbocycles. The zero-order valence-corrected chi connectivity index (χ0v) is 10.1.